The van der Waals surface area contributed by atoms with Crippen LogP contribution in [0.1, 0.15) is 19.3 Å². The smallest absolute Gasteiger partial charge is 0.415 e. The average Bonchev–Trinajstić information content (AvgIpc) is 3.50. The van der Waals surface area contributed by atoms with Crippen LogP contribution in [0, 0.1) is 5.82 Å². The van der Waals surface area contributed by atoms with Crippen molar-refractivity contribution in [2.45, 2.75) is 43.4 Å². The maximum Gasteiger partial charge on any atom is 0.415 e. The summed E-state index contributed by atoms with van der Waals surface area (Å²) in [4.78, 5) is 44.9. The predicted molar refractivity (Wildman–Crippen MR) is 125 cm³/mol. The summed E-state index contributed by atoms with van der Waals surface area (Å²) < 4.78 is 45.5. The summed E-state index contributed by atoms with van der Waals surface area (Å²) in [6.07, 6.45) is -1.99. The van der Waals surface area contributed by atoms with Crippen molar-refractivity contribution in [1.82, 2.24) is 21.0 Å². The van der Waals surface area contributed by atoms with Crippen molar-refractivity contribution in [2.24, 2.45) is 0 Å². The van der Waals surface area contributed by atoms with Gasteiger partial charge in [0.15, 0.2) is 5.60 Å². The van der Waals surface area contributed by atoms with E-state index in [0.29, 0.717) is 18.8 Å². The number of hydrogen-bond donors (Lipinski definition) is 3. The number of hydrogen-bond acceptors (Lipinski definition) is 7. The normalized spacial score (nSPS) is 26.3. The zero-order chi connectivity index (χ0) is 26.2. The Hall–Kier alpha value is -3.26. The van der Waals surface area contributed by atoms with Gasteiger partial charge in [-0.05, 0) is 44.1 Å². The molecule has 3 N–H and O–H groups in total. The average molecular weight is 527 g/mol. The van der Waals surface area contributed by atoms with Gasteiger partial charge in [-0.3, -0.25) is 14.5 Å². The van der Waals surface area contributed by atoms with E-state index >= 15 is 4.39 Å². The molecule has 0 radical (unpaired) electrons. The maximum atomic E-state index is 15.2. The predicted octanol–water partition coefficient (Wildman–Crippen LogP) is 1.19. The molecule has 1 spiro atoms. The molecule has 2 atom stereocenters. The van der Waals surface area contributed by atoms with Crippen molar-refractivity contribution in [3.63, 3.8) is 0 Å². The zero-order valence-corrected chi connectivity index (χ0v) is 20.1. The molecule has 11 nitrogen and oxygen atoms in total. The molecule has 0 bridgehead atoms. The van der Waals surface area contributed by atoms with Crippen LogP contribution in [0.5, 0.6) is 0 Å². The Morgan fingerprint density at radius 2 is 1.92 bits per heavy atom. The maximum absolute atomic E-state index is 15.2. The minimum atomic E-state index is -3.16. The van der Waals surface area contributed by atoms with Gasteiger partial charge in [0.1, 0.15) is 5.82 Å². The second-order valence-electron chi connectivity index (χ2n) is 9.62. The highest BCUT2D eigenvalue weighted by atomic mass is 19.3. The number of alkyl halides is 2. The largest absolute Gasteiger partial charge is 0.438 e. The summed E-state index contributed by atoms with van der Waals surface area (Å²) in [5.41, 5.74) is -0.538. The van der Waals surface area contributed by atoms with E-state index in [4.69, 9.17) is 9.57 Å². The van der Waals surface area contributed by atoms with Crippen LogP contribution < -0.4 is 25.8 Å². The van der Waals surface area contributed by atoms with E-state index < -0.39 is 35.9 Å². The van der Waals surface area contributed by atoms with Crippen molar-refractivity contribution >= 4 is 29.4 Å². The molecule has 3 heterocycles. The van der Waals surface area contributed by atoms with Crippen LogP contribution >= 0.6 is 0 Å². The van der Waals surface area contributed by atoms with Crippen LogP contribution in [0.2, 0.25) is 0 Å². The van der Waals surface area contributed by atoms with Gasteiger partial charge in [-0.2, -0.15) is 8.78 Å². The van der Waals surface area contributed by atoms with Crippen LogP contribution in [-0.4, -0.2) is 93.1 Å². The van der Waals surface area contributed by atoms with Crippen LogP contribution in [0.4, 0.5) is 34.1 Å². The molecule has 3 aliphatic heterocycles. The highest BCUT2D eigenvalue weighted by Crippen LogP contribution is 2.46. The fourth-order valence-electron chi connectivity index (χ4n) is 4.96. The molecule has 4 aliphatic rings. The zero-order valence-electron chi connectivity index (χ0n) is 20.1. The summed E-state index contributed by atoms with van der Waals surface area (Å²) in [6.45, 7) is 2.83. The lowest BCUT2D eigenvalue weighted by atomic mass is 10.1. The first kappa shape index (κ1) is 25.4. The molecule has 0 aromatic heterocycles. The van der Waals surface area contributed by atoms with E-state index in [-0.39, 0.29) is 43.9 Å². The summed E-state index contributed by atoms with van der Waals surface area (Å²) in [5.74, 6) is -1.99. The molecule has 1 saturated carbocycles. The first-order valence-electron chi connectivity index (χ1n) is 12.3. The van der Waals surface area contributed by atoms with Crippen molar-refractivity contribution in [3.8, 4) is 0 Å². The molecule has 1 aliphatic carbocycles. The third kappa shape index (κ3) is 5.39. The number of piperidine rings is 1. The molecule has 202 valence electrons. The first-order valence-corrected chi connectivity index (χ1v) is 12.3. The van der Waals surface area contributed by atoms with Crippen molar-refractivity contribution < 1.29 is 37.1 Å². The highest BCUT2D eigenvalue weighted by molar-refractivity contribution is 5.91. The summed E-state index contributed by atoms with van der Waals surface area (Å²) in [5, 5.41) is 9.65. The number of halogens is 3. The van der Waals surface area contributed by atoms with Gasteiger partial charge < -0.3 is 25.6 Å². The molecule has 4 amide bonds. The molecular weight excluding hydrogens is 497 g/mol. The fraction of sp³-hybridized carbons (Fsp3) is 0.609. The van der Waals surface area contributed by atoms with Crippen LogP contribution in [0.3, 0.4) is 0 Å². The molecule has 5 rings (SSSR count). The molecule has 4 fully saturated rings. The number of rotatable bonds is 5. The first-order chi connectivity index (χ1) is 17.8. The van der Waals surface area contributed by atoms with Crippen LogP contribution in [0.15, 0.2) is 18.2 Å². The van der Waals surface area contributed by atoms with Crippen molar-refractivity contribution in [2.75, 3.05) is 55.7 Å². The lowest BCUT2D eigenvalue weighted by Crippen LogP contribution is -2.49. The number of nitrogens with zero attached hydrogens (tertiary/aromatic N) is 3. The van der Waals surface area contributed by atoms with Gasteiger partial charge in [0, 0.05) is 25.6 Å². The van der Waals surface area contributed by atoms with Crippen molar-refractivity contribution in [3.05, 3.63) is 24.0 Å². The van der Waals surface area contributed by atoms with Gasteiger partial charge in [-0.15, -0.1) is 0 Å². The number of hydroxylamine groups is 2. The Bertz CT molecular complexity index is 1060. The summed E-state index contributed by atoms with van der Waals surface area (Å²) in [6, 6.07) is 3.38. The Morgan fingerprint density at radius 1 is 1.14 bits per heavy atom. The molecule has 3 saturated heterocycles. The highest BCUT2D eigenvalue weighted by Gasteiger charge is 2.64. The van der Waals surface area contributed by atoms with Gasteiger partial charge >= 0.3 is 18.5 Å². The molecule has 1 unspecified atom stereocenters. The van der Waals surface area contributed by atoms with Crippen LogP contribution in [-0.2, 0) is 14.4 Å². The third-order valence-corrected chi connectivity index (χ3v) is 7.13. The van der Waals surface area contributed by atoms with Gasteiger partial charge in [-0.25, -0.2) is 19.0 Å². The number of amides is 4. The van der Waals surface area contributed by atoms with E-state index in [1.54, 1.807) is 11.0 Å². The topological polar surface area (TPSA) is 115 Å². The number of nitrogens with one attached hydrogen (secondary N) is 3. The van der Waals surface area contributed by atoms with E-state index in [1.807, 2.05) is 0 Å². The number of ether oxygens (including phenoxy) is 1. The molecule has 37 heavy (non-hydrogen) atoms. The molecule has 14 heteroatoms. The number of carbonyl (C=O) groups is 3. The SMILES string of the molecule is O=C(NC1C[C@]12CN(c1ccc(N3CCON(C(=O)NC4CCNCC4)CC3)c(F)c1)C(=O)O2)C(F)F. The Morgan fingerprint density at radius 3 is 2.65 bits per heavy atom. The van der Waals surface area contributed by atoms with Crippen LogP contribution in [0.25, 0.3) is 0 Å². The van der Waals surface area contributed by atoms with E-state index in [9.17, 15) is 23.2 Å². The second-order valence-corrected chi connectivity index (χ2v) is 9.62. The molecule has 1 aromatic carbocycles. The second kappa shape index (κ2) is 10.2. The van der Waals surface area contributed by atoms with Crippen molar-refractivity contribution in [1.29, 1.82) is 0 Å². The van der Waals surface area contributed by atoms with Gasteiger partial charge in [0.05, 0.1) is 37.1 Å². The summed E-state index contributed by atoms with van der Waals surface area (Å²) >= 11 is 0. The van der Waals surface area contributed by atoms with E-state index in [1.165, 1.54) is 22.1 Å². The minimum absolute atomic E-state index is 0.0114. The molecule has 1 aromatic rings. The Balaban J connectivity index is 1.18. The number of urea groups is 1. The van der Waals surface area contributed by atoms with Gasteiger partial charge in [0.2, 0.25) is 0 Å². The lowest BCUT2D eigenvalue weighted by molar-refractivity contribution is -0.132. The standard InChI is InChI=1S/C23H29F3N6O5/c24-16-11-15(31-13-23(37-22(31)35)12-18(23)29-20(33)19(25)26)1-2-17(16)30-7-8-32(36-10-9-30)21(34)28-14-3-5-27-6-4-14/h1-2,11,14,18-19,27H,3-10,12-13H2,(H,28,34)(H,29,33)/t18?,23-/m0/s1. The Labute approximate surface area is 211 Å². The monoisotopic (exact) mass is 526 g/mol. The van der Waals surface area contributed by atoms with Gasteiger partial charge in [-0.1, -0.05) is 0 Å². The third-order valence-electron chi connectivity index (χ3n) is 7.13. The quantitative estimate of drug-likeness (QED) is 0.528. The lowest BCUT2D eigenvalue weighted by Gasteiger charge is -2.27. The number of carbonyl (C=O) groups excluding carboxylic acids is 3. The van der Waals surface area contributed by atoms with E-state index in [0.717, 1.165) is 25.9 Å². The fourth-order valence-corrected chi connectivity index (χ4v) is 4.96. The van der Waals surface area contributed by atoms with E-state index in [2.05, 4.69) is 16.0 Å². The molecular formula is C23H29F3N6O5. The summed E-state index contributed by atoms with van der Waals surface area (Å²) in [7, 11) is 0. The van der Waals surface area contributed by atoms with Gasteiger partial charge in [0.25, 0.3) is 5.91 Å². The minimum Gasteiger partial charge on any atom is -0.438 e. The number of anilines is 2. The Kier molecular flexibility index (Phi) is 7.03. The number of benzene rings is 1.